The van der Waals surface area contributed by atoms with Gasteiger partial charge in [-0.15, -0.1) is 0 Å². The highest BCUT2D eigenvalue weighted by molar-refractivity contribution is 6.30. The van der Waals surface area contributed by atoms with E-state index in [1.54, 1.807) is 22.8 Å². The van der Waals surface area contributed by atoms with Gasteiger partial charge < -0.3 is 5.11 Å². The third-order valence-electron chi connectivity index (χ3n) is 1.93. The van der Waals surface area contributed by atoms with Gasteiger partial charge in [-0.25, -0.2) is 0 Å². The van der Waals surface area contributed by atoms with Crippen molar-refractivity contribution in [2.45, 2.75) is 0 Å². The van der Waals surface area contributed by atoms with E-state index in [0.717, 1.165) is 0 Å². The molecule has 1 heterocycles. The molecule has 0 amide bonds. The van der Waals surface area contributed by atoms with Crippen LogP contribution in [0.2, 0.25) is 5.02 Å². The van der Waals surface area contributed by atoms with Crippen molar-refractivity contribution in [1.29, 1.82) is 0 Å². The molecule has 0 aliphatic heterocycles. The molecule has 0 unspecified atom stereocenters. The van der Waals surface area contributed by atoms with Gasteiger partial charge in [0.2, 0.25) is 0 Å². The minimum absolute atomic E-state index is 0.214. The Morgan fingerprint density at radius 3 is 2.50 bits per heavy atom. The highest BCUT2D eigenvalue weighted by atomic mass is 35.5. The van der Waals surface area contributed by atoms with Gasteiger partial charge in [0, 0.05) is 23.2 Å². The van der Waals surface area contributed by atoms with Gasteiger partial charge in [0.05, 0.1) is 0 Å². The largest absolute Gasteiger partial charge is 0.502 e. The Hall–Kier alpha value is -1.54. The molecular formula is C11H9ClNO+. The summed E-state index contributed by atoms with van der Waals surface area (Å²) in [7, 11) is 0. The lowest BCUT2D eigenvalue weighted by atomic mass is 10.3. The van der Waals surface area contributed by atoms with Crippen LogP contribution >= 0.6 is 11.6 Å². The average molecular weight is 207 g/mol. The molecule has 0 bridgehead atoms. The summed E-state index contributed by atoms with van der Waals surface area (Å²) in [6.07, 6.45) is 3.71. The lowest BCUT2D eigenvalue weighted by Gasteiger charge is -1.98. The van der Waals surface area contributed by atoms with E-state index in [4.69, 9.17) is 11.6 Å². The maximum absolute atomic E-state index is 9.61. The molecule has 3 heteroatoms. The summed E-state index contributed by atoms with van der Waals surface area (Å²) in [5, 5.41) is 10.2. The normalized spacial score (nSPS) is 10.1. The number of phenolic OH excluding ortho intramolecular Hbond substituents is 1. The molecule has 1 aromatic heterocycles. The Balaban J connectivity index is 2.57. The molecule has 0 saturated heterocycles. The zero-order valence-corrected chi connectivity index (χ0v) is 8.15. The lowest BCUT2D eigenvalue weighted by molar-refractivity contribution is -0.596. The number of pyridine rings is 1. The number of hydrogen-bond donors (Lipinski definition) is 1. The number of nitrogens with zero attached hydrogens (tertiary/aromatic N) is 1. The van der Waals surface area contributed by atoms with Gasteiger partial charge in [-0.2, -0.15) is 4.57 Å². The highest BCUT2D eigenvalue weighted by Crippen LogP contribution is 2.20. The van der Waals surface area contributed by atoms with E-state index < -0.39 is 0 Å². The number of halogens is 1. The summed E-state index contributed by atoms with van der Waals surface area (Å²) in [6.45, 7) is 0. The van der Waals surface area contributed by atoms with Crippen molar-refractivity contribution in [2.75, 3.05) is 0 Å². The van der Waals surface area contributed by atoms with Gasteiger partial charge in [-0.05, 0) is 12.1 Å². The smallest absolute Gasteiger partial charge is 0.254 e. The molecule has 0 fully saturated rings. The Kier molecular flexibility index (Phi) is 2.37. The van der Waals surface area contributed by atoms with Crippen LogP contribution in [0.1, 0.15) is 0 Å². The summed E-state index contributed by atoms with van der Waals surface area (Å²) in [4.78, 5) is 0. The molecule has 0 atom stereocenters. The maximum Gasteiger partial charge on any atom is 0.254 e. The van der Waals surface area contributed by atoms with Crippen LogP contribution < -0.4 is 4.57 Å². The summed E-state index contributed by atoms with van der Waals surface area (Å²) >= 11 is 5.84. The third-order valence-corrected chi connectivity index (χ3v) is 2.17. The number of benzene rings is 1. The number of phenols is 1. The van der Waals surface area contributed by atoms with Crippen LogP contribution in [0.3, 0.4) is 0 Å². The zero-order chi connectivity index (χ0) is 9.97. The van der Waals surface area contributed by atoms with Crippen LogP contribution in [-0.2, 0) is 0 Å². The lowest BCUT2D eigenvalue weighted by Crippen LogP contribution is -2.28. The molecule has 0 aliphatic rings. The molecule has 2 aromatic rings. The summed E-state index contributed by atoms with van der Waals surface area (Å²) in [6, 6.07) is 10.7. The average Bonchev–Trinajstić information content (AvgIpc) is 2.23. The van der Waals surface area contributed by atoms with Crippen LogP contribution in [0.5, 0.6) is 5.75 Å². The summed E-state index contributed by atoms with van der Waals surface area (Å²) in [5.41, 5.74) is 0.679. The third kappa shape index (κ3) is 1.70. The first kappa shape index (κ1) is 9.03. The number of aromatic nitrogens is 1. The van der Waals surface area contributed by atoms with Crippen molar-refractivity contribution >= 4 is 11.6 Å². The van der Waals surface area contributed by atoms with Crippen LogP contribution in [0.25, 0.3) is 5.69 Å². The standard InChI is InChI=1S/C11H8ClNO/c12-9-4-5-11(14)10(8-9)13-6-2-1-3-7-13/h1-8H/p+1. The number of aromatic hydroxyl groups is 1. The Labute approximate surface area is 87.0 Å². The molecule has 2 rings (SSSR count). The van der Waals surface area contributed by atoms with Crippen molar-refractivity contribution in [3.05, 3.63) is 53.8 Å². The molecule has 1 N–H and O–H groups in total. The van der Waals surface area contributed by atoms with Crippen LogP contribution in [0.4, 0.5) is 0 Å². The first-order valence-electron chi connectivity index (χ1n) is 4.22. The quantitative estimate of drug-likeness (QED) is 0.712. The van der Waals surface area contributed by atoms with E-state index in [0.29, 0.717) is 10.7 Å². The zero-order valence-electron chi connectivity index (χ0n) is 7.39. The predicted molar refractivity (Wildman–Crippen MR) is 54.6 cm³/mol. The number of hydrogen-bond acceptors (Lipinski definition) is 1. The van der Waals surface area contributed by atoms with Gasteiger partial charge in [0.25, 0.3) is 5.69 Å². The highest BCUT2D eigenvalue weighted by Gasteiger charge is 2.10. The van der Waals surface area contributed by atoms with Crippen molar-refractivity contribution in [3.63, 3.8) is 0 Å². The molecular weight excluding hydrogens is 198 g/mol. The Bertz CT molecular complexity index is 442. The van der Waals surface area contributed by atoms with E-state index in [9.17, 15) is 5.11 Å². The second-order valence-electron chi connectivity index (χ2n) is 2.92. The van der Waals surface area contributed by atoms with Gasteiger partial charge in [0.1, 0.15) is 0 Å². The van der Waals surface area contributed by atoms with Gasteiger partial charge in [0.15, 0.2) is 18.1 Å². The first-order valence-corrected chi connectivity index (χ1v) is 4.60. The van der Waals surface area contributed by atoms with Crippen LogP contribution in [0, 0.1) is 0 Å². The van der Waals surface area contributed by atoms with Gasteiger partial charge in [-0.1, -0.05) is 17.7 Å². The second-order valence-corrected chi connectivity index (χ2v) is 3.35. The minimum atomic E-state index is 0.214. The monoisotopic (exact) mass is 206 g/mol. The van der Waals surface area contributed by atoms with E-state index >= 15 is 0 Å². The molecule has 0 radical (unpaired) electrons. The topological polar surface area (TPSA) is 24.1 Å². The molecule has 0 saturated carbocycles. The van der Waals surface area contributed by atoms with E-state index in [-0.39, 0.29) is 5.75 Å². The fourth-order valence-corrected chi connectivity index (χ4v) is 1.43. The van der Waals surface area contributed by atoms with Crippen LogP contribution in [0.15, 0.2) is 48.8 Å². The molecule has 1 aromatic carbocycles. The molecule has 0 spiro atoms. The van der Waals surface area contributed by atoms with Gasteiger partial charge >= 0.3 is 0 Å². The molecule has 2 nitrogen and oxygen atoms in total. The molecule has 70 valence electrons. The van der Waals surface area contributed by atoms with E-state index in [1.807, 2.05) is 30.6 Å². The Morgan fingerprint density at radius 1 is 1.07 bits per heavy atom. The van der Waals surface area contributed by atoms with Crippen molar-refractivity contribution < 1.29 is 9.67 Å². The fraction of sp³-hybridized carbons (Fsp3) is 0. The first-order chi connectivity index (χ1) is 6.77. The van der Waals surface area contributed by atoms with E-state index in [2.05, 4.69) is 0 Å². The predicted octanol–water partition coefficient (Wildman–Crippen LogP) is 2.32. The van der Waals surface area contributed by atoms with E-state index in [1.165, 1.54) is 0 Å². The van der Waals surface area contributed by atoms with Gasteiger partial charge in [-0.3, -0.25) is 0 Å². The van der Waals surface area contributed by atoms with Crippen LogP contribution in [-0.4, -0.2) is 5.11 Å². The molecule has 0 aliphatic carbocycles. The fourth-order valence-electron chi connectivity index (χ4n) is 1.26. The Morgan fingerprint density at radius 2 is 1.79 bits per heavy atom. The molecule has 14 heavy (non-hydrogen) atoms. The summed E-state index contributed by atoms with van der Waals surface area (Å²) in [5.74, 6) is 0.214. The van der Waals surface area contributed by atoms with Crippen molar-refractivity contribution in [1.82, 2.24) is 0 Å². The summed E-state index contributed by atoms with van der Waals surface area (Å²) < 4.78 is 1.81. The second kappa shape index (κ2) is 3.68. The number of rotatable bonds is 1. The SMILES string of the molecule is Oc1ccc(Cl)cc1-[n+]1ccccc1. The minimum Gasteiger partial charge on any atom is -0.502 e. The van der Waals surface area contributed by atoms with Crippen molar-refractivity contribution in [3.8, 4) is 11.4 Å². The maximum atomic E-state index is 9.61. The van der Waals surface area contributed by atoms with Crippen molar-refractivity contribution in [2.24, 2.45) is 0 Å².